The Morgan fingerprint density at radius 3 is 3.00 bits per heavy atom. The fourth-order valence-corrected chi connectivity index (χ4v) is 1.91. The summed E-state index contributed by atoms with van der Waals surface area (Å²) in [7, 11) is 0. The molecule has 0 aliphatic heterocycles. The maximum atomic E-state index is 5.54. The first-order valence-electron chi connectivity index (χ1n) is 4.39. The number of thiophene rings is 1. The number of nitrogens with one attached hydrogen (secondary N) is 1. The Hall–Kier alpha value is -2.22. The Labute approximate surface area is 93.3 Å². The van der Waals surface area contributed by atoms with Crippen molar-refractivity contribution < 1.29 is 4.63 Å². The number of H-pyrrole nitrogens is 1. The third kappa shape index (κ3) is 1.36. The minimum atomic E-state index is 0.178. The van der Waals surface area contributed by atoms with Gasteiger partial charge >= 0.3 is 0 Å². The summed E-state index contributed by atoms with van der Waals surface area (Å²) >= 11 is 1.57. The summed E-state index contributed by atoms with van der Waals surface area (Å²) in [6.45, 7) is 0. The number of rotatable bonds is 2. The molecule has 0 fully saturated rings. The predicted octanol–water partition coefficient (Wildman–Crippen LogP) is 1.17. The summed E-state index contributed by atoms with van der Waals surface area (Å²) in [5.74, 6) is 1.23. The quantitative estimate of drug-likeness (QED) is 0.689. The zero-order chi connectivity index (χ0) is 11.0. The summed E-state index contributed by atoms with van der Waals surface area (Å²) in [5.41, 5.74) is 5.89. The Kier molecular flexibility index (Phi) is 1.93. The maximum absolute atomic E-state index is 5.54. The van der Waals surface area contributed by atoms with Gasteiger partial charge in [0.25, 0.3) is 0 Å². The van der Waals surface area contributed by atoms with Gasteiger partial charge in [0.2, 0.25) is 5.82 Å². The van der Waals surface area contributed by atoms with E-state index in [2.05, 4.69) is 30.1 Å². The molecule has 80 valence electrons. The molecule has 0 unspecified atom stereocenters. The number of anilines is 1. The van der Waals surface area contributed by atoms with E-state index in [1.165, 1.54) is 0 Å². The molecule has 3 rings (SSSR count). The Morgan fingerprint density at radius 1 is 1.38 bits per heavy atom. The summed E-state index contributed by atoms with van der Waals surface area (Å²) in [4.78, 5) is 5.25. The first-order valence-corrected chi connectivity index (χ1v) is 5.27. The molecule has 0 aliphatic rings. The molecule has 3 heterocycles. The molecule has 0 atom stereocenters. The molecule has 0 saturated heterocycles. The lowest BCUT2D eigenvalue weighted by Gasteiger charge is -1.86. The van der Waals surface area contributed by atoms with Gasteiger partial charge in [-0.05, 0) is 21.8 Å². The van der Waals surface area contributed by atoms with Crippen molar-refractivity contribution in [2.24, 2.45) is 0 Å². The summed E-state index contributed by atoms with van der Waals surface area (Å²) < 4.78 is 4.48. The van der Waals surface area contributed by atoms with E-state index in [-0.39, 0.29) is 5.82 Å². The van der Waals surface area contributed by atoms with Gasteiger partial charge in [-0.25, -0.2) is 9.61 Å². The van der Waals surface area contributed by atoms with E-state index in [0.29, 0.717) is 17.3 Å². The lowest BCUT2D eigenvalue weighted by atomic mass is 10.4. The van der Waals surface area contributed by atoms with Gasteiger partial charge in [0, 0.05) is 0 Å². The van der Waals surface area contributed by atoms with E-state index in [4.69, 9.17) is 5.73 Å². The Bertz CT molecular complexity index is 598. The van der Waals surface area contributed by atoms with Crippen LogP contribution in [0.4, 0.5) is 5.82 Å². The average molecular weight is 234 g/mol. The highest BCUT2D eigenvalue weighted by Gasteiger charge is 2.15. The van der Waals surface area contributed by atoms with Crippen molar-refractivity contribution in [1.29, 1.82) is 0 Å². The second-order valence-corrected chi connectivity index (χ2v) is 3.93. The molecule has 0 saturated carbocycles. The largest absolute Gasteiger partial charge is 0.379 e. The van der Waals surface area contributed by atoms with Crippen LogP contribution in [-0.4, -0.2) is 25.5 Å². The highest BCUT2D eigenvalue weighted by atomic mass is 32.1. The van der Waals surface area contributed by atoms with E-state index in [1.54, 1.807) is 11.3 Å². The van der Waals surface area contributed by atoms with Crippen LogP contribution < -0.4 is 5.73 Å². The van der Waals surface area contributed by atoms with Gasteiger partial charge in [0.15, 0.2) is 17.3 Å². The highest BCUT2D eigenvalue weighted by Crippen LogP contribution is 2.24. The van der Waals surface area contributed by atoms with Crippen LogP contribution in [-0.2, 0) is 0 Å². The second kappa shape index (κ2) is 3.42. The molecule has 8 heteroatoms. The number of nitrogen functional groups attached to an aromatic ring is 1. The molecule has 0 spiro atoms. The van der Waals surface area contributed by atoms with E-state index < -0.39 is 0 Å². The number of nitrogens with two attached hydrogens (primary N) is 1. The van der Waals surface area contributed by atoms with E-state index >= 15 is 0 Å². The predicted molar refractivity (Wildman–Crippen MR) is 57.4 cm³/mol. The third-order valence-corrected chi connectivity index (χ3v) is 2.84. The monoisotopic (exact) mass is 234 g/mol. The van der Waals surface area contributed by atoms with Crippen molar-refractivity contribution in [2.75, 3.05) is 5.73 Å². The third-order valence-electron chi connectivity index (χ3n) is 1.97. The molecule has 0 aromatic carbocycles. The van der Waals surface area contributed by atoms with Crippen molar-refractivity contribution in [3.8, 4) is 22.2 Å². The number of hydrogen-bond donors (Lipinski definition) is 2. The number of nitrogens with zero attached hydrogens (tertiary/aromatic N) is 4. The van der Waals surface area contributed by atoms with E-state index in [9.17, 15) is 0 Å². The van der Waals surface area contributed by atoms with Crippen LogP contribution in [0, 0.1) is 0 Å². The molecule has 16 heavy (non-hydrogen) atoms. The SMILES string of the molecule is Nc1nonc1-c1n[nH]c(-c2cccs2)n1. The van der Waals surface area contributed by atoms with Gasteiger partial charge in [-0.1, -0.05) is 6.07 Å². The molecular weight excluding hydrogens is 228 g/mol. The minimum absolute atomic E-state index is 0.178. The molecule has 3 N–H and O–H groups in total. The van der Waals surface area contributed by atoms with Crippen molar-refractivity contribution in [3.05, 3.63) is 17.5 Å². The topological polar surface area (TPSA) is 107 Å². The van der Waals surface area contributed by atoms with E-state index in [0.717, 1.165) is 4.88 Å². The first-order chi connectivity index (χ1) is 7.84. The highest BCUT2D eigenvalue weighted by molar-refractivity contribution is 7.13. The summed E-state index contributed by atoms with van der Waals surface area (Å²) in [5, 5.41) is 15.9. The molecule has 0 radical (unpaired) electrons. The van der Waals surface area contributed by atoms with Crippen molar-refractivity contribution in [1.82, 2.24) is 25.5 Å². The van der Waals surface area contributed by atoms with Gasteiger partial charge in [-0.3, -0.25) is 5.10 Å². The first kappa shape index (κ1) is 9.04. The smallest absolute Gasteiger partial charge is 0.207 e. The molecule has 7 nitrogen and oxygen atoms in total. The lowest BCUT2D eigenvalue weighted by Crippen LogP contribution is -1.89. The fourth-order valence-electron chi connectivity index (χ4n) is 1.24. The molecule has 0 aliphatic carbocycles. The van der Waals surface area contributed by atoms with Crippen molar-refractivity contribution in [3.63, 3.8) is 0 Å². The van der Waals surface area contributed by atoms with Gasteiger partial charge in [0.05, 0.1) is 4.88 Å². The number of aromatic amines is 1. The molecule has 3 aromatic heterocycles. The maximum Gasteiger partial charge on any atom is 0.207 e. The molecule has 0 amide bonds. The molecule has 3 aromatic rings. The van der Waals surface area contributed by atoms with Crippen LogP contribution in [0.1, 0.15) is 0 Å². The summed E-state index contributed by atoms with van der Waals surface area (Å²) in [6, 6.07) is 3.88. The van der Waals surface area contributed by atoms with Crippen LogP contribution >= 0.6 is 11.3 Å². The van der Waals surface area contributed by atoms with Gasteiger partial charge in [0.1, 0.15) is 0 Å². The van der Waals surface area contributed by atoms with Gasteiger partial charge in [-0.2, -0.15) is 5.10 Å². The van der Waals surface area contributed by atoms with Crippen LogP contribution in [0.15, 0.2) is 22.1 Å². The van der Waals surface area contributed by atoms with Crippen LogP contribution in [0.25, 0.3) is 22.2 Å². The van der Waals surface area contributed by atoms with Crippen LogP contribution in [0.5, 0.6) is 0 Å². The zero-order valence-electron chi connectivity index (χ0n) is 7.91. The molecule has 0 bridgehead atoms. The van der Waals surface area contributed by atoms with Gasteiger partial charge in [-0.15, -0.1) is 11.3 Å². The normalized spacial score (nSPS) is 10.8. The number of aromatic nitrogens is 5. The van der Waals surface area contributed by atoms with Crippen LogP contribution in [0.3, 0.4) is 0 Å². The van der Waals surface area contributed by atoms with Gasteiger partial charge < -0.3 is 5.73 Å². The van der Waals surface area contributed by atoms with Crippen LogP contribution in [0.2, 0.25) is 0 Å². The lowest BCUT2D eigenvalue weighted by molar-refractivity contribution is 0.310. The fraction of sp³-hybridized carbons (Fsp3) is 0. The standard InChI is InChI=1S/C8H6N6OS/c9-6-5(13-15-14-6)8-10-7(11-12-8)4-2-1-3-16-4/h1-3H,(H2,9,14)(H,10,11,12). The van der Waals surface area contributed by atoms with Crippen molar-refractivity contribution >= 4 is 17.2 Å². The minimum Gasteiger partial charge on any atom is -0.379 e. The number of hydrogen-bond acceptors (Lipinski definition) is 7. The Balaban J connectivity index is 2.03. The zero-order valence-corrected chi connectivity index (χ0v) is 8.73. The van der Waals surface area contributed by atoms with Crippen molar-refractivity contribution in [2.45, 2.75) is 0 Å². The average Bonchev–Trinajstić information content (AvgIpc) is 2.96. The van der Waals surface area contributed by atoms with E-state index in [1.807, 2.05) is 17.5 Å². The Morgan fingerprint density at radius 2 is 2.31 bits per heavy atom. The second-order valence-electron chi connectivity index (χ2n) is 2.98. The molecular formula is C8H6N6OS. The summed E-state index contributed by atoms with van der Waals surface area (Å²) in [6.07, 6.45) is 0.